The zero-order valence-corrected chi connectivity index (χ0v) is 14.8. The van der Waals surface area contributed by atoms with E-state index in [1.165, 1.54) is 9.13 Å². The molecule has 0 N–H and O–H groups in total. The second-order valence-electron chi connectivity index (χ2n) is 6.47. The number of nitrogens with zero attached hydrogens (tertiary/aromatic N) is 4. The number of benzene rings is 1. The maximum absolute atomic E-state index is 12.7. The summed E-state index contributed by atoms with van der Waals surface area (Å²) in [7, 11) is 1.57. The number of rotatable bonds is 4. The number of hydrogen-bond acceptors (Lipinski definition) is 4. The standard InChI is InChI=1S/C18H24N4O3/c1-3-8-20-9-11-21(12-10-20)16(23)13-22-15-7-5-4-6-14(15)19(2)17(24)18(22)25/h4-7H,3,8-13H2,1-2H3. The van der Waals surface area contributed by atoms with Gasteiger partial charge in [0, 0.05) is 33.2 Å². The summed E-state index contributed by atoms with van der Waals surface area (Å²) < 4.78 is 2.64. The van der Waals surface area contributed by atoms with Gasteiger partial charge in [0.2, 0.25) is 5.91 Å². The quantitative estimate of drug-likeness (QED) is 0.746. The van der Waals surface area contributed by atoms with E-state index in [2.05, 4.69) is 11.8 Å². The van der Waals surface area contributed by atoms with E-state index in [1.807, 2.05) is 6.07 Å². The van der Waals surface area contributed by atoms with Gasteiger partial charge in [0.1, 0.15) is 6.54 Å². The first kappa shape index (κ1) is 17.4. The van der Waals surface area contributed by atoms with E-state index in [0.29, 0.717) is 24.1 Å². The molecule has 3 rings (SSSR count). The third-order valence-corrected chi connectivity index (χ3v) is 4.82. The molecular formula is C18H24N4O3. The third-order valence-electron chi connectivity index (χ3n) is 4.82. The van der Waals surface area contributed by atoms with Gasteiger partial charge >= 0.3 is 11.1 Å². The van der Waals surface area contributed by atoms with Gasteiger partial charge in [-0.05, 0) is 25.1 Å². The average Bonchev–Trinajstić information content (AvgIpc) is 2.64. The number of para-hydroxylation sites is 2. The zero-order valence-electron chi connectivity index (χ0n) is 14.8. The van der Waals surface area contributed by atoms with E-state index < -0.39 is 11.1 Å². The van der Waals surface area contributed by atoms with Gasteiger partial charge in [-0.1, -0.05) is 19.1 Å². The van der Waals surface area contributed by atoms with Crippen molar-refractivity contribution in [2.45, 2.75) is 19.9 Å². The molecule has 0 radical (unpaired) electrons. The summed E-state index contributed by atoms with van der Waals surface area (Å²) in [4.78, 5) is 41.4. The van der Waals surface area contributed by atoms with Gasteiger partial charge in [0.25, 0.3) is 0 Å². The Bertz CT molecular complexity index is 891. The monoisotopic (exact) mass is 344 g/mol. The molecule has 2 aromatic rings. The molecule has 0 unspecified atom stereocenters. The smallest absolute Gasteiger partial charge is 0.317 e. The Kier molecular flexibility index (Phi) is 5.03. The molecule has 0 atom stereocenters. The Balaban J connectivity index is 1.85. The zero-order chi connectivity index (χ0) is 18.0. The number of hydrogen-bond donors (Lipinski definition) is 0. The van der Waals surface area contributed by atoms with Crippen molar-refractivity contribution in [3.8, 4) is 0 Å². The van der Waals surface area contributed by atoms with E-state index in [4.69, 9.17) is 0 Å². The van der Waals surface area contributed by atoms with Crippen LogP contribution in [0.3, 0.4) is 0 Å². The second kappa shape index (κ2) is 7.23. The van der Waals surface area contributed by atoms with Crippen LogP contribution in [0.5, 0.6) is 0 Å². The molecule has 0 saturated carbocycles. The molecule has 1 fully saturated rings. The largest absolute Gasteiger partial charge is 0.339 e. The van der Waals surface area contributed by atoms with Gasteiger partial charge in [-0.25, -0.2) is 0 Å². The summed E-state index contributed by atoms with van der Waals surface area (Å²) in [6.07, 6.45) is 1.10. The Morgan fingerprint density at radius 1 is 1.00 bits per heavy atom. The fraction of sp³-hybridized carbons (Fsp3) is 0.500. The number of amides is 1. The molecule has 7 heteroatoms. The van der Waals surface area contributed by atoms with E-state index in [9.17, 15) is 14.4 Å². The van der Waals surface area contributed by atoms with Crippen LogP contribution in [0.1, 0.15) is 13.3 Å². The van der Waals surface area contributed by atoms with Crippen LogP contribution in [-0.4, -0.2) is 57.6 Å². The molecule has 1 amide bonds. The lowest BCUT2D eigenvalue weighted by Crippen LogP contribution is -2.51. The minimum Gasteiger partial charge on any atom is -0.339 e. The van der Waals surface area contributed by atoms with Gasteiger partial charge in [0.05, 0.1) is 11.0 Å². The fourth-order valence-electron chi connectivity index (χ4n) is 3.38. The molecule has 1 aliphatic heterocycles. The van der Waals surface area contributed by atoms with Crippen molar-refractivity contribution in [2.75, 3.05) is 32.7 Å². The van der Waals surface area contributed by atoms with Gasteiger partial charge in [0.15, 0.2) is 0 Å². The van der Waals surface area contributed by atoms with Gasteiger partial charge in [-0.15, -0.1) is 0 Å². The Morgan fingerprint density at radius 3 is 2.28 bits per heavy atom. The number of aromatic nitrogens is 2. The van der Waals surface area contributed by atoms with Gasteiger partial charge in [-0.2, -0.15) is 0 Å². The van der Waals surface area contributed by atoms with Crippen molar-refractivity contribution in [2.24, 2.45) is 7.05 Å². The third kappa shape index (κ3) is 3.37. The van der Waals surface area contributed by atoms with Crippen LogP contribution in [0.25, 0.3) is 11.0 Å². The fourth-order valence-corrected chi connectivity index (χ4v) is 3.38. The van der Waals surface area contributed by atoms with Crippen LogP contribution >= 0.6 is 0 Å². The van der Waals surface area contributed by atoms with Gasteiger partial charge in [-0.3, -0.25) is 23.9 Å². The van der Waals surface area contributed by atoms with Crippen LogP contribution < -0.4 is 11.1 Å². The Hall–Kier alpha value is -2.41. The van der Waals surface area contributed by atoms with Crippen LogP contribution in [0.4, 0.5) is 0 Å². The van der Waals surface area contributed by atoms with Crippen molar-refractivity contribution in [1.29, 1.82) is 0 Å². The maximum Gasteiger partial charge on any atom is 0.317 e. The molecule has 0 bridgehead atoms. The van der Waals surface area contributed by atoms with Crippen LogP contribution in [-0.2, 0) is 18.4 Å². The van der Waals surface area contributed by atoms with E-state index >= 15 is 0 Å². The average molecular weight is 344 g/mol. The van der Waals surface area contributed by atoms with Crippen molar-refractivity contribution in [3.05, 3.63) is 45.0 Å². The normalized spacial score (nSPS) is 15.7. The molecule has 1 aliphatic rings. The summed E-state index contributed by atoms with van der Waals surface area (Å²) in [6.45, 7) is 6.12. The van der Waals surface area contributed by atoms with Crippen molar-refractivity contribution in [1.82, 2.24) is 18.9 Å². The number of carbonyl (C=O) groups excluding carboxylic acids is 1. The molecule has 2 heterocycles. The van der Waals surface area contributed by atoms with Crippen LogP contribution in [0.2, 0.25) is 0 Å². The molecule has 1 aromatic heterocycles. The number of carbonyl (C=O) groups is 1. The van der Waals surface area contributed by atoms with Crippen molar-refractivity contribution >= 4 is 16.9 Å². The lowest BCUT2D eigenvalue weighted by Gasteiger charge is -2.34. The molecule has 25 heavy (non-hydrogen) atoms. The van der Waals surface area contributed by atoms with Crippen molar-refractivity contribution in [3.63, 3.8) is 0 Å². The second-order valence-corrected chi connectivity index (χ2v) is 6.47. The Labute approximate surface area is 146 Å². The highest BCUT2D eigenvalue weighted by molar-refractivity contribution is 5.80. The molecule has 0 aliphatic carbocycles. The Morgan fingerprint density at radius 2 is 1.64 bits per heavy atom. The minimum atomic E-state index is -0.654. The first-order valence-corrected chi connectivity index (χ1v) is 8.71. The first-order valence-electron chi connectivity index (χ1n) is 8.71. The van der Waals surface area contributed by atoms with Crippen LogP contribution in [0.15, 0.2) is 33.9 Å². The van der Waals surface area contributed by atoms with Gasteiger partial charge < -0.3 is 9.47 Å². The lowest BCUT2D eigenvalue weighted by atomic mass is 10.2. The van der Waals surface area contributed by atoms with Crippen molar-refractivity contribution < 1.29 is 4.79 Å². The summed E-state index contributed by atoms with van der Waals surface area (Å²) in [5, 5.41) is 0. The summed E-state index contributed by atoms with van der Waals surface area (Å²) in [5.41, 5.74) is -0.0151. The molecule has 134 valence electrons. The molecule has 0 spiro atoms. The number of aryl methyl sites for hydroxylation is 1. The first-order chi connectivity index (χ1) is 12.0. The number of piperazine rings is 1. The molecule has 1 saturated heterocycles. The predicted molar refractivity (Wildman–Crippen MR) is 96.8 cm³/mol. The molecule has 7 nitrogen and oxygen atoms in total. The topological polar surface area (TPSA) is 67.5 Å². The van der Waals surface area contributed by atoms with E-state index in [0.717, 1.165) is 26.1 Å². The highest BCUT2D eigenvalue weighted by Crippen LogP contribution is 2.10. The molecular weight excluding hydrogens is 320 g/mol. The summed E-state index contributed by atoms with van der Waals surface area (Å²) >= 11 is 0. The lowest BCUT2D eigenvalue weighted by molar-refractivity contribution is -0.133. The maximum atomic E-state index is 12.7. The van der Waals surface area contributed by atoms with E-state index in [1.54, 1.807) is 30.1 Å². The number of fused-ring (bicyclic) bond motifs is 1. The predicted octanol–water partition coefficient (Wildman–Crippen LogP) is 0.254. The summed E-state index contributed by atoms with van der Waals surface area (Å²) in [5.74, 6) is -0.114. The van der Waals surface area contributed by atoms with E-state index in [-0.39, 0.29) is 12.5 Å². The molecule has 1 aromatic carbocycles. The highest BCUT2D eigenvalue weighted by Gasteiger charge is 2.22. The summed E-state index contributed by atoms with van der Waals surface area (Å²) in [6, 6.07) is 7.16. The SMILES string of the molecule is CCCN1CCN(C(=O)Cn2c(=O)c(=O)n(C)c3ccccc32)CC1. The minimum absolute atomic E-state index is 0.0940. The highest BCUT2D eigenvalue weighted by atomic mass is 16.2. The van der Waals surface area contributed by atoms with Crippen LogP contribution in [0, 0.1) is 0 Å².